The van der Waals surface area contributed by atoms with Crippen LogP contribution in [0.25, 0.3) is 11.0 Å². The number of hydrogen-bond donors (Lipinski definition) is 1. The highest BCUT2D eigenvalue weighted by Gasteiger charge is 2.19. The molecule has 6 nitrogen and oxygen atoms in total. The summed E-state index contributed by atoms with van der Waals surface area (Å²) in [6.45, 7) is 0.183. The van der Waals surface area contributed by atoms with Crippen LogP contribution in [0.1, 0.15) is 10.4 Å². The molecular weight excluding hydrogens is 274 g/mol. The minimum Gasteiger partial charge on any atom is -0.422 e. The van der Waals surface area contributed by atoms with Crippen LogP contribution in [-0.4, -0.2) is 49.3 Å². The predicted octanol–water partition coefficient (Wildman–Crippen LogP) is 0.872. The number of carbonyl (C=O) groups is 1. The summed E-state index contributed by atoms with van der Waals surface area (Å²) in [6.07, 6.45) is -0.809. The lowest BCUT2D eigenvalue weighted by molar-refractivity contribution is 0.0378. The zero-order valence-corrected chi connectivity index (χ0v) is 11.9. The Bertz CT molecular complexity index is 694. The van der Waals surface area contributed by atoms with E-state index in [2.05, 4.69) is 0 Å². The second-order valence-corrected chi connectivity index (χ2v) is 4.78. The number of hydrogen-bond acceptors (Lipinski definition) is 5. The Morgan fingerprint density at radius 1 is 1.43 bits per heavy atom. The number of aliphatic hydroxyl groups excluding tert-OH is 1. The molecule has 1 heterocycles. The topological polar surface area (TPSA) is 80.0 Å². The molecule has 1 atom stereocenters. The summed E-state index contributed by atoms with van der Waals surface area (Å²) in [5, 5.41) is 10.3. The number of fused-ring (bicyclic) bond motifs is 1. The third kappa shape index (κ3) is 3.48. The molecule has 6 heteroatoms. The molecule has 2 rings (SSSR count). The van der Waals surface area contributed by atoms with E-state index in [0.717, 1.165) is 0 Å². The molecule has 0 radical (unpaired) electrons. The molecule has 0 spiro atoms. The maximum atomic E-state index is 12.3. The largest absolute Gasteiger partial charge is 0.422 e. The molecule has 0 fully saturated rings. The Balaban J connectivity index is 2.26. The van der Waals surface area contributed by atoms with E-state index in [1.807, 2.05) is 0 Å². The summed E-state index contributed by atoms with van der Waals surface area (Å²) in [5.74, 6) is -0.496. The van der Waals surface area contributed by atoms with E-state index in [1.54, 1.807) is 24.3 Å². The van der Waals surface area contributed by atoms with Gasteiger partial charge in [0.2, 0.25) is 0 Å². The van der Waals surface area contributed by atoms with Gasteiger partial charge >= 0.3 is 5.63 Å². The zero-order valence-electron chi connectivity index (χ0n) is 11.9. The summed E-state index contributed by atoms with van der Waals surface area (Å²) in [5.41, 5.74) is -0.311. The summed E-state index contributed by atoms with van der Waals surface area (Å²) in [6, 6.07) is 8.47. The highest BCUT2D eigenvalue weighted by Crippen LogP contribution is 2.13. The Hall–Kier alpha value is -2.18. The van der Waals surface area contributed by atoms with Crippen LogP contribution < -0.4 is 5.63 Å². The van der Waals surface area contributed by atoms with Crippen LogP contribution >= 0.6 is 0 Å². The van der Waals surface area contributed by atoms with Crippen LogP contribution in [0.4, 0.5) is 0 Å². The van der Waals surface area contributed by atoms with Crippen molar-refractivity contribution in [3.8, 4) is 0 Å². The first-order valence-corrected chi connectivity index (χ1v) is 6.48. The molecule has 0 saturated carbocycles. The van der Waals surface area contributed by atoms with Crippen molar-refractivity contribution in [3.05, 3.63) is 46.3 Å². The first-order chi connectivity index (χ1) is 10.0. The number of rotatable bonds is 5. The highest BCUT2D eigenvalue weighted by atomic mass is 16.5. The number of nitrogens with zero attached hydrogens (tertiary/aromatic N) is 1. The van der Waals surface area contributed by atoms with Crippen LogP contribution in [0.2, 0.25) is 0 Å². The van der Waals surface area contributed by atoms with Crippen LogP contribution in [0, 0.1) is 0 Å². The van der Waals surface area contributed by atoms with E-state index in [4.69, 9.17) is 9.15 Å². The minimum absolute atomic E-state index is 0.0548. The lowest BCUT2D eigenvalue weighted by Gasteiger charge is -2.20. The third-order valence-corrected chi connectivity index (χ3v) is 3.06. The molecule has 112 valence electrons. The zero-order chi connectivity index (χ0) is 15.4. The molecule has 1 aromatic carbocycles. The van der Waals surface area contributed by atoms with Gasteiger partial charge in [0, 0.05) is 26.1 Å². The van der Waals surface area contributed by atoms with Crippen molar-refractivity contribution in [3.63, 3.8) is 0 Å². The van der Waals surface area contributed by atoms with Gasteiger partial charge in [0.15, 0.2) is 0 Å². The second-order valence-electron chi connectivity index (χ2n) is 4.78. The van der Waals surface area contributed by atoms with E-state index >= 15 is 0 Å². The van der Waals surface area contributed by atoms with Crippen molar-refractivity contribution in [2.45, 2.75) is 6.10 Å². The van der Waals surface area contributed by atoms with Crippen LogP contribution in [0.5, 0.6) is 0 Å². The summed E-state index contributed by atoms with van der Waals surface area (Å²) >= 11 is 0. The van der Waals surface area contributed by atoms with E-state index in [9.17, 15) is 14.7 Å². The number of likely N-dealkylation sites (N-methyl/N-ethyl adjacent to an activating group) is 1. The Labute approximate surface area is 121 Å². The molecule has 1 unspecified atom stereocenters. The van der Waals surface area contributed by atoms with Crippen molar-refractivity contribution >= 4 is 16.9 Å². The van der Waals surface area contributed by atoms with Crippen LogP contribution in [0.3, 0.4) is 0 Å². The van der Waals surface area contributed by atoms with Crippen LogP contribution in [0.15, 0.2) is 39.5 Å². The highest BCUT2D eigenvalue weighted by molar-refractivity contribution is 5.96. The molecule has 1 amide bonds. The molecule has 0 saturated heterocycles. The molecule has 0 aliphatic heterocycles. The predicted molar refractivity (Wildman–Crippen MR) is 77.3 cm³/mol. The van der Waals surface area contributed by atoms with Crippen LogP contribution in [-0.2, 0) is 4.74 Å². The van der Waals surface area contributed by atoms with Gasteiger partial charge < -0.3 is 19.2 Å². The molecule has 0 aliphatic rings. The lowest BCUT2D eigenvalue weighted by Crippen LogP contribution is -2.38. The Morgan fingerprint density at radius 2 is 2.14 bits per heavy atom. The fourth-order valence-corrected chi connectivity index (χ4v) is 2.06. The number of benzene rings is 1. The molecular formula is C15H17NO5. The maximum absolute atomic E-state index is 12.3. The number of ether oxygens (including phenoxy) is 1. The molecule has 1 aromatic heterocycles. The van der Waals surface area contributed by atoms with Gasteiger partial charge in [-0.2, -0.15) is 0 Å². The van der Waals surface area contributed by atoms with Gasteiger partial charge in [-0.05, 0) is 12.1 Å². The van der Waals surface area contributed by atoms with Crippen molar-refractivity contribution in [1.29, 1.82) is 0 Å². The number of para-hydroxylation sites is 1. The molecule has 0 bridgehead atoms. The molecule has 21 heavy (non-hydrogen) atoms. The van der Waals surface area contributed by atoms with E-state index < -0.39 is 17.6 Å². The first-order valence-electron chi connectivity index (χ1n) is 6.48. The van der Waals surface area contributed by atoms with Gasteiger partial charge in [-0.1, -0.05) is 18.2 Å². The van der Waals surface area contributed by atoms with Gasteiger partial charge in [0.05, 0.1) is 12.7 Å². The average Bonchev–Trinajstić information content (AvgIpc) is 2.46. The smallest absolute Gasteiger partial charge is 0.349 e. The number of amides is 1. The number of aliphatic hydroxyl groups is 1. The normalized spacial score (nSPS) is 12.3. The summed E-state index contributed by atoms with van der Waals surface area (Å²) in [7, 11) is 2.97. The standard InChI is InChI=1S/C15H17NO5/c1-16(8-11(17)9-20-2)14(18)12-7-10-5-3-4-6-13(10)21-15(12)19/h3-7,11,17H,8-9H2,1-2H3. The van der Waals surface area contributed by atoms with E-state index in [1.165, 1.54) is 25.1 Å². The summed E-state index contributed by atoms with van der Waals surface area (Å²) in [4.78, 5) is 25.4. The summed E-state index contributed by atoms with van der Waals surface area (Å²) < 4.78 is 9.93. The fourth-order valence-electron chi connectivity index (χ4n) is 2.06. The maximum Gasteiger partial charge on any atom is 0.349 e. The molecule has 0 aliphatic carbocycles. The minimum atomic E-state index is -0.809. The van der Waals surface area contributed by atoms with Crippen molar-refractivity contribution < 1.29 is 19.1 Å². The lowest BCUT2D eigenvalue weighted by atomic mass is 10.1. The van der Waals surface area contributed by atoms with Crippen molar-refractivity contribution in [1.82, 2.24) is 4.90 Å². The third-order valence-electron chi connectivity index (χ3n) is 3.06. The number of methoxy groups -OCH3 is 1. The SMILES string of the molecule is COCC(O)CN(C)C(=O)c1cc2ccccc2oc1=O. The number of carbonyl (C=O) groups excluding carboxylic acids is 1. The van der Waals surface area contributed by atoms with Gasteiger partial charge in [0.25, 0.3) is 5.91 Å². The average molecular weight is 291 g/mol. The quantitative estimate of drug-likeness (QED) is 0.827. The monoisotopic (exact) mass is 291 g/mol. The van der Waals surface area contributed by atoms with Crippen molar-refractivity contribution in [2.75, 3.05) is 27.3 Å². The van der Waals surface area contributed by atoms with E-state index in [0.29, 0.717) is 11.0 Å². The first kappa shape index (κ1) is 15.2. The van der Waals surface area contributed by atoms with Gasteiger partial charge in [-0.15, -0.1) is 0 Å². The second kappa shape index (κ2) is 6.51. The Morgan fingerprint density at radius 3 is 2.86 bits per heavy atom. The Kier molecular flexibility index (Phi) is 4.72. The fraction of sp³-hybridized carbons (Fsp3) is 0.333. The van der Waals surface area contributed by atoms with E-state index in [-0.39, 0.29) is 18.7 Å². The molecule has 1 N–H and O–H groups in total. The van der Waals surface area contributed by atoms with Gasteiger partial charge in [-0.3, -0.25) is 4.79 Å². The van der Waals surface area contributed by atoms with Gasteiger partial charge in [0.1, 0.15) is 11.1 Å². The molecule has 2 aromatic rings. The van der Waals surface area contributed by atoms with Crippen molar-refractivity contribution in [2.24, 2.45) is 0 Å². The van der Waals surface area contributed by atoms with Gasteiger partial charge in [-0.25, -0.2) is 4.79 Å².